The molecule has 0 radical (unpaired) electrons. The van der Waals surface area contributed by atoms with Crippen molar-refractivity contribution in [2.45, 2.75) is 38.3 Å². The Morgan fingerprint density at radius 2 is 1.76 bits per heavy atom. The van der Waals surface area contributed by atoms with Gasteiger partial charge < -0.3 is 5.32 Å². The van der Waals surface area contributed by atoms with Crippen LogP contribution in [0.5, 0.6) is 0 Å². The van der Waals surface area contributed by atoms with Crippen LogP contribution >= 0.6 is 0 Å². The van der Waals surface area contributed by atoms with Gasteiger partial charge in [-0.3, -0.25) is 4.68 Å². The summed E-state index contributed by atoms with van der Waals surface area (Å²) >= 11 is 0. The maximum Gasteiger partial charge on any atom is 0.0762 e. The molecule has 0 saturated heterocycles. The highest BCUT2D eigenvalue weighted by atomic mass is 15.3. The summed E-state index contributed by atoms with van der Waals surface area (Å²) in [5.41, 5.74) is 4.31. The number of fused-ring (bicyclic) bond motifs is 3. The Morgan fingerprint density at radius 3 is 2.33 bits per heavy atom. The van der Waals surface area contributed by atoms with Crippen molar-refractivity contribution in [3.63, 3.8) is 0 Å². The summed E-state index contributed by atoms with van der Waals surface area (Å²) in [6.07, 6.45) is 7.26. The average molecular weight is 281 g/mol. The minimum Gasteiger partial charge on any atom is -0.308 e. The van der Waals surface area contributed by atoms with Crippen LogP contribution in [0.15, 0.2) is 36.5 Å². The van der Waals surface area contributed by atoms with Crippen LogP contribution in [0.2, 0.25) is 0 Å². The van der Waals surface area contributed by atoms with Gasteiger partial charge in [0.2, 0.25) is 0 Å². The molecule has 2 bridgehead atoms. The smallest absolute Gasteiger partial charge is 0.0762 e. The second-order valence-corrected chi connectivity index (χ2v) is 6.66. The van der Waals surface area contributed by atoms with E-state index in [1.54, 1.807) is 11.1 Å². The second kappa shape index (κ2) is 5.30. The number of rotatable bonds is 3. The summed E-state index contributed by atoms with van der Waals surface area (Å²) in [4.78, 5) is 0. The lowest BCUT2D eigenvalue weighted by Gasteiger charge is -2.23. The lowest BCUT2D eigenvalue weighted by molar-refractivity contribution is 0.339. The maximum atomic E-state index is 4.48. The van der Waals surface area contributed by atoms with Gasteiger partial charge in [-0.25, -0.2) is 0 Å². The van der Waals surface area contributed by atoms with Crippen molar-refractivity contribution >= 4 is 0 Å². The standard InChI is InChI=1S/C18H23N3/c1-21-9-8-17(20-21)12-19-18-15-6-7-16(18)11-14-5-3-2-4-13(14)10-15/h2-5,8-9,15-16,18-19H,6-7,10-12H2,1H3. The minimum absolute atomic E-state index is 0.652. The van der Waals surface area contributed by atoms with Gasteiger partial charge in [-0.05, 0) is 54.7 Å². The van der Waals surface area contributed by atoms with Crippen molar-refractivity contribution < 1.29 is 0 Å². The monoisotopic (exact) mass is 281 g/mol. The van der Waals surface area contributed by atoms with E-state index < -0.39 is 0 Å². The molecule has 110 valence electrons. The summed E-state index contributed by atoms with van der Waals surface area (Å²) in [5, 5.41) is 8.29. The Kier molecular flexibility index (Phi) is 3.30. The fourth-order valence-corrected chi connectivity index (χ4v) is 4.26. The molecule has 1 aromatic heterocycles. The molecule has 21 heavy (non-hydrogen) atoms. The van der Waals surface area contributed by atoms with Crippen molar-refractivity contribution in [2.24, 2.45) is 18.9 Å². The third-order valence-electron chi connectivity index (χ3n) is 5.29. The predicted molar refractivity (Wildman–Crippen MR) is 83.9 cm³/mol. The number of aryl methyl sites for hydroxylation is 1. The van der Waals surface area contributed by atoms with E-state index >= 15 is 0 Å². The molecule has 0 aliphatic heterocycles. The number of hydrogen-bond donors (Lipinski definition) is 1. The number of hydrogen-bond acceptors (Lipinski definition) is 2. The highest BCUT2D eigenvalue weighted by Crippen LogP contribution is 2.40. The van der Waals surface area contributed by atoms with E-state index in [0.29, 0.717) is 6.04 Å². The Labute approximate surface area is 126 Å². The van der Waals surface area contributed by atoms with Crippen molar-refractivity contribution in [1.82, 2.24) is 15.1 Å². The number of aromatic nitrogens is 2. The van der Waals surface area contributed by atoms with Crippen LogP contribution in [0, 0.1) is 11.8 Å². The molecule has 4 rings (SSSR count). The van der Waals surface area contributed by atoms with E-state index in [9.17, 15) is 0 Å². The zero-order valence-corrected chi connectivity index (χ0v) is 12.6. The molecule has 0 spiro atoms. The van der Waals surface area contributed by atoms with Gasteiger partial charge >= 0.3 is 0 Å². The van der Waals surface area contributed by atoms with Gasteiger partial charge in [-0.1, -0.05) is 24.3 Å². The summed E-state index contributed by atoms with van der Waals surface area (Å²) < 4.78 is 1.88. The Bertz CT molecular complexity index is 598. The molecule has 2 unspecified atom stereocenters. The topological polar surface area (TPSA) is 29.9 Å². The fourth-order valence-electron chi connectivity index (χ4n) is 4.26. The van der Waals surface area contributed by atoms with Crippen molar-refractivity contribution in [2.75, 3.05) is 0 Å². The molecular weight excluding hydrogens is 258 g/mol. The zero-order chi connectivity index (χ0) is 14.2. The fraction of sp³-hybridized carbons (Fsp3) is 0.500. The molecule has 1 heterocycles. The summed E-state index contributed by atoms with van der Waals surface area (Å²) in [6, 6.07) is 11.8. The molecule has 3 nitrogen and oxygen atoms in total. The molecule has 0 amide bonds. The van der Waals surface area contributed by atoms with Crippen molar-refractivity contribution in [3.05, 3.63) is 53.3 Å². The highest BCUT2D eigenvalue weighted by Gasteiger charge is 2.38. The Hall–Kier alpha value is -1.61. The Balaban J connectivity index is 1.50. The van der Waals surface area contributed by atoms with E-state index in [0.717, 1.165) is 24.1 Å². The second-order valence-electron chi connectivity index (χ2n) is 6.66. The van der Waals surface area contributed by atoms with Crippen LogP contribution in [-0.4, -0.2) is 15.8 Å². The van der Waals surface area contributed by atoms with E-state index in [4.69, 9.17) is 0 Å². The maximum absolute atomic E-state index is 4.48. The molecule has 2 atom stereocenters. The van der Waals surface area contributed by atoms with Crippen LogP contribution in [-0.2, 0) is 26.4 Å². The molecule has 1 saturated carbocycles. The lowest BCUT2D eigenvalue weighted by Crippen LogP contribution is -2.37. The predicted octanol–water partition coefficient (Wildman–Crippen LogP) is 2.70. The summed E-state index contributed by atoms with van der Waals surface area (Å²) in [7, 11) is 1.98. The number of nitrogens with zero attached hydrogens (tertiary/aromatic N) is 2. The first kappa shape index (κ1) is 13.1. The zero-order valence-electron chi connectivity index (χ0n) is 12.6. The molecule has 1 aromatic carbocycles. The third-order valence-corrected chi connectivity index (χ3v) is 5.29. The van der Waals surface area contributed by atoms with Gasteiger partial charge in [0, 0.05) is 25.8 Å². The van der Waals surface area contributed by atoms with Gasteiger partial charge in [-0.2, -0.15) is 5.10 Å². The van der Waals surface area contributed by atoms with Crippen LogP contribution in [0.3, 0.4) is 0 Å². The molecule has 2 aliphatic carbocycles. The summed E-state index contributed by atoms with van der Waals surface area (Å²) in [6.45, 7) is 0.898. The van der Waals surface area contributed by atoms with Gasteiger partial charge in [0.05, 0.1) is 5.69 Å². The molecular formula is C18H23N3. The minimum atomic E-state index is 0.652. The molecule has 3 heteroatoms. The first-order valence-electron chi connectivity index (χ1n) is 8.08. The molecule has 2 aromatic rings. The van der Waals surface area contributed by atoms with E-state index in [1.165, 1.54) is 25.7 Å². The van der Waals surface area contributed by atoms with Crippen LogP contribution in [0.1, 0.15) is 29.7 Å². The number of nitrogens with one attached hydrogen (secondary N) is 1. The van der Waals surface area contributed by atoms with Gasteiger partial charge in [0.1, 0.15) is 0 Å². The average Bonchev–Trinajstić information content (AvgIpc) is 2.99. The normalized spacial score (nSPS) is 27.4. The van der Waals surface area contributed by atoms with E-state index in [1.807, 2.05) is 17.9 Å². The van der Waals surface area contributed by atoms with Crippen LogP contribution in [0.4, 0.5) is 0 Å². The largest absolute Gasteiger partial charge is 0.308 e. The highest BCUT2D eigenvalue weighted by molar-refractivity contribution is 5.30. The summed E-state index contributed by atoms with van der Waals surface area (Å²) in [5.74, 6) is 1.59. The van der Waals surface area contributed by atoms with Crippen molar-refractivity contribution in [3.8, 4) is 0 Å². The quantitative estimate of drug-likeness (QED) is 0.937. The van der Waals surface area contributed by atoms with Gasteiger partial charge in [0.15, 0.2) is 0 Å². The molecule has 1 fully saturated rings. The first-order chi connectivity index (χ1) is 10.3. The SMILES string of the molecule is Cn1ccc(CNC2C3CCC2Cc2ccccc2C3)n1. The lowest BCUT2D eigenvalue weighted by atomic mass is 9.94. The first-order valence-corrected chi connectivity index (χ1v) is 8.08. The van der Waals surface area contributed by atoms with Gasteiger partial charge in [-0.15, -0.1) is 0 Å². The van der Waals surface area contributed by atoms with E-state index in [-0.39, 0.29) is 0 Å². The third kappa shape index (κ3) is 2.51. The molecule has 1 N–H and O–H groups in total. The van der Waals surface area contributed by atoms with Crippen molar-refractivity contribution in [1.29, 1.82) is 0 Å². The van der Waals surface area contributed by atoms with Crippen LogP contribution < -0.4 is 5.32 Å². The number of benzene rings is 1. The Morgan fingerprint density at radius 1 is 1.10 bits per heavy atom. The van der Waals surface area contributed by atoms with Crippen LogP contribution in [0.25, 0.3) is 0 Å². The molecule has 2 aliphatic rings. The van der Waals surface area contributed by atoms with Gasteiger partial charge in [0.25, 0.3) is 0 Å². The van der Waals surface area contributed by atoms with E-state index in [2.05, 4.69) is 40.7 Å².